The molecule has 7 heteroatoms. The number of halogens is 3. The van der Waals surface area contributed by atoms with Crippen molar-refractivity contribution in [2.45, 2.75) is 25.6 Å². The zero-order valence-corrected chi connectivity index (χ0v) is 8.94. The van der Waals surface area contributed by atoms with Crippen molar-refractivity contribution in [3.8, 4) is 0 Å². The van der Waals surface area contributed by atoms with Crippen molar-refractivity contribution in [1.29, 1.82) is 0 Å². The predicted molar refractivity (Wildman–Crippen MR) is 53.0 cm³/mol. The Morgan fingerprint density at radius 1 is 1.53 bits per heavy atom. The smallest absolute Gasteiger partial charge is 0.364 e. The number of hydrogen-bond donors (Lipinski definition) is 1. The van der Waals surface area contributed by atoms with E-state index in [9.17, 15) is 18.0 Å². The molecule has 1 aromatic heterocycles. The van der Waals surface area contributed by atoms with Gasteiger partial charge in [-0.25, -0.2) is 0 Å². The van der Waals surface area contributed by atoms with E-state index in [1.54, 1.807) is 0 Å². The summed E-state index contributed by atoms with van der Waals surface area (Å²) in [5.41, 5.74) is 5.35. The maximum Gasteiger partial charge on any atom is 0.391 e. The second-order valence-corrected chi connectivity index (χ2v) is 4.34. The first-order valence-electron chi connectivity index (χ1n) is 5.26. The van der Waals surface area contributed by atoms with Gasteiger partial charge < -0.3 is 5.73 Å². The lowest BCUT2D eigenvalue weighted by atomic mass is 9.74. The van der Waals surface area contributed by atoms with Gasteiger partial charge in [0.15, 0.2) is 0 Å². The Labute approximate surface area is 95.6 Å². The lowest BCUT2D eigenvalue weighted by Crippen LogP contribution is -2.38. The monoisotopic (exact) mass is 247 g/mol. The number of primary amides is 1. The first kappa shape index (κ1) is 11.9. The summed E-state index contributed by atoms with van der Waals surface area (Å²) in [5.74, 6) is -1.91. The van der Waals surface area contributed by atoms with Crippen LogP contribution in [-0.2, 0) is 6.54 Å². The van der Waals surface area contributed by atoms with Crippen molar-refractivity contribution in [3.63, 3.8) is 0 Å². The highest BCUT2D eigenvalue weighted by atomic mass is 19.4. The number of nitrogens with two attached hydrogens (primary N) is 1. The maximum atomic E-state index is 12.3. The lowest BCUT2D eigenvalue weighted by molar-refractivity contribution is -0.205. The van der Waals surface area contributed by atoms with Crippen LogP contribution in [0, 0.1) is 11.8 Å². The third-order valence-electron chi connectivity index (χ3n) is 3.10. The highest BCUT2D eigenvalue weighted by Gasteiger charge is 2.47. The number of carbonyl (C=O) groups excluding carboxylic acids is 1. The largest absolute Gasteiger partial charge is 0.391 e. The lowest BCUT2D eigenvalue weighted by Gasteiger charge is -2.36. The second-order valence-electron chi connectivity index (χ2n) is 4.34. The molecule has 1 aliphatic carbocycles. The van der Waals surface area contributed by atoms with Gasteiger partial charge in [-0.15, -0.1) is 0 Å². The number of aromatic nitrogens is 2. The summed E-state index contributed by atoms with van der Waals surface area (Å²) in [6, 6.07) is 1.46. The van der Waals surface area contributed by atoms with Crippen LogP contribution in [0.4, 0.5) is 13.2 Å². The molecule has 2 N–H and O–H groups in total. The number of carbonyl (C=O) groups is 1. The number of amides is 1. The maximum absolute atomic E-state index is 12.3. The Bertz CT molecular complexity index is 421. The number of nitrogens with zero attached hydrogens (tertiary/aromatic N) is 2. The van der Waals surface area contributed by atoms with Crippen LogP contribution >= 0.6 is 0 Å². The Morgan fingerprint density at radius 2 is 2.18 bits per heavy atom. The molecule has 0 bridgehead atoms. The van der Waals surface area contributed by atoms with Gasteiger partial charge in [0.2, 0.25) is 0 Å². The number of hydrogen-bond acceptors (Lipinski definition) is 2. The van der Waals surface area contributed by atoms with Crippen molar-refractivity contribution in [1.82, 2.24) is 9.78 Å². The second kappa shape index (κ2) is 4.05. The molecule has 0 aromatic carbocycles. The van der Waals surface area contributed by atoms with E-state index in [0.29, 0.717) is 6.54 Å². The first-order valence-corrected chi connectivity index (χ1v) is 5.26. The fraction of sp³-hybridized carbons (Fsp3) is 0.600. The van der Waals surface area contributed by atoms with Crippen LogP contribution in [-0.4, -0.2) is 21.9 Å². The van der Waals surface area contributed by atoms with Crippen LogP contribution in [0.25, 0.3) is 0 Å². The molecule has 0 spiro atoms. The molecule has 0 atom stereocenters. The first-order chi connectivity index (χ1) is 7.88. The third-order valence-corrected chi connectivity index (χ3v) is 3.10. The molecule has 1 amide bonds. The zero-order valence-electron chi connectivity index (χ0n) is 8.94. The van der Waals surface area contributed by atoms with Gasteiger partial charge in [-0.2, -0.15) is 18.3 Å². The minimum absolute atomic E-state index is 0.0837. The molecular weight excluding hydrogens is 235 g/mol. The van der Waals surface area contributed by atoms with Gasteiger partial charge in [0.05, 0.1) is 5.92 Å². The summed E-state index contributed by atoms with van der Waals surface area (Å²) in [6.07, 6.45) is -2.49. The average molecular weight is 247 g/mol. The van der Waals surface area contributed by atoms with Crippen molar-refractivity contribution >= 4 is 5.91 Å². The van der Waals surface area contributed by atoms with Gasteiger partial charge in [-0.3, -0.25) is 9.48 Å². The molecule has 4 nitrogen and oxygen atoms in total. The molecule has 0 saturated heterocycles. The van der Waals surface area contributed by atoms with E-state index in [0.717, 1.165) is 0 Å². The number of alkyl halides is 3. The van der Waals surface area contributed by atoms with Gasteiger partial charge >= 0.3 is 6.18 Å². The fourth-order valence-electron chi connectivity index (χ4n) is 2.08. The topological polar surface area (TPSA) is 60.9 Å². The molecule has 0 unspecified atom stereocenters. The molecule has 17 heavy (non-hydrogen) atoms. The van der Waals surface area contributed by atoms with Crippen LogP contribution < -0.4 is 5.73 Å². The Hall–Kier alpha value is -1.53. The average Bonchev–Trinajstić information content (AvgIpc) is 2.55. The molecule has 1 aliphatic rings. The molecule has 1 saturated carbocycles. The van der Waals surface area contributed by atoms with Crippen molar-refractivity contribution < 1.29 is 18.0 Å². The standard InChI is InChI=1S/C10H12F3N3O/c11-10(12,13)7-3-6(4-7)5-16-8(9(14)17)1-2-15-16/h1-2,6-7H,3-5H2,(H2,14,17)/t6-,7+. The third kappa shape index (κ3) is 2.42. The summed E-state index contributed by atoms with van der Waals surface area (Å²) < 4.78 is 38.2. The van der Waals surface area contributed by atoms with E-state index in [-0.39, 0.29) is 24.5 Å². The Morgan fingerprint density at radius 3 is 2.71 bits per heavy atom. The molecule has 94 valence electrons. The SMILES string of the molecule is NC(=O)c1ccnn1C[C@H]1C[C@@H](C(F)(F)F)C1. The molecule has 1 aromatic rings. The van der Waals surface area contributed by atoms with Gasteiger partial charge in [0, 0.05) is 12.7 Å². The van der Waals surface area contributed by atoms with Gasteiger partial charge in [-0.05, 0) is 24.8 Å². The summed E-state index contributed by atoms with van der Waals surface area (Å²) >= 11 is 0. The van der Waals surface area contributed by atoms with E-state index in [1.807, 2.05) is 0 Å². The summed E-state index contributed by atoms with van der Waals surface area (Å²) in [4.78, 5) is 11.0. The van der Waals surface area contributed by atoms with Crippen molar-refractivity contribution in [2.24, 2.45) is 17.6 Å². The minimum Gasteiger partial charge on any atom is -0.364 e. The Kier molecular flexibility index (Phi) is 2.84. The zero-order chi connectivity index (χ0) is 12.6. The summed E-state index contributed by atoms with van der Waals surface area (Å²) in [5, 5.41) is 3.88. The normalized spacial score (nSPS) is 24.4. The fourth-order valence-corrected chi connectivity index (χ4v) is 2.08. The van der Waals surface area contributed by atoms with Crippen molar-refractivity contribution in [3.05, 3.63) is 18.0 Å². The van der Waals surface area contributed by atoms with E-state index in [4.69, 9.17) is 5.73 Å². The van der Waals surface area contributed by atoms with E-state index in [1.165, 1.54) is 16.9 Å². The highest BCUT2D eigenvalue weighted by Crippen LogP contribution is 2.45. The van der Waals surface area contributed by atoms with Gasteiger partial charge in [0.1, 0.15) is 5.69 Å². The Balaban J connectivity index is 1.92. The molecule has 1 fully saturated rings. The van der Waals surface area contributed by atoms with Gasteiger partial charge in [0.25, 0.3) is 5.91 Å². The van der Waals surface area contributed by atoms with Crippen LogP contribution in [0.2, 0.25) is 0 Å². The van der Waals surface area contributed by atoms with Gasteiger partial charge in [-0.1, -0.05) is 0 Å². The van der Waals surface area contributed by atoms with Crippen LogP contribution in [0.1, 0.15) is 23.3 Å². The van der Waals surface area contributed by atoms with Crippen molar-refractivity contribution in [2.75, 3.05) is 0 Å². The van der Waals surface area contributed by atoms with Crippen LogP contribution in [0.15, 0.2) is 12.3 Å². The molecule has 0 radical (unpaired) electrons. The predicted octanol–water partition coefficient (Wildman–Crippen LogP) is 1.57. The summed E-state index contributed by atoms with van der Waals surface area (Å²) in [7, 11) is 0. The van der Waals surface area contributed by atoms with E-state index < -0.39 is 18.0 Å². The highest BCUT2D eigenvalue weighted by molar-refractivity contribution is 5.90. The van der Waals surface area contributed by atoms with E-state index in [2.05, 4.69) is 5.10 Å². The summed E-state index contributed by atoms with van der Waals surface area (Å²) in [6.45, 7) is 0.317. The van der Waals surface area contributed by atoms with Crippen LogP contribution in [0.3, 0.4) is 0 Å². The molecular formula is C10H12F3N3O. The number of rotatable bonds is 3. The molecule has 2 rings (SSSR count). The quantitative estimate of drug-likeness (QED) is 0.881. The molecule has 0 aliphatic heterocycles. The minimum atomic E-state index is -4.10. The van der Waals surface area contributed by atoms with E-state index >= 15 is 0 Å². The van der Waals surface area contributed by atoms with Crippen LogP contribution in [0.5, 0.6) is 0 Å². The molecule has 1 heterocycles.